The van der Waals surface area contributed by atoms with Gasteiger partial charge in [-0.15, -0.1) is 0 Å². The van der Waals surface area contributed by atoms with Crippen molar-refractivity contribution in [1.29, 1.82) is 0 Å². The Morgan fingerprint density at radius 1 is 1.30 bits per heavy atom. The number of fused-ring (bicyclic) bond motifs is 1. The molecule has 2 rings (SSSR count). The second-order valence-corrected chi connectivity index (χ2v) is 5.67. The minimum absolute atomic E-state index is 0.176. The molecule has 1 aromatic rings. The Bertz CT molecular complexity index is 542. The number of para-hydroxylation sites is 1. The summed E-state index contributed by atoms with van der Waals surface area (Å²) in [5.74, 6) is 0.397. The number of nitrogens with one attached hydrogen (secondary N) is 2. The van der Waals surface area contributed by atoms with Crippen molar-refractivity contribution in [2.24, 2.45) is 4.99 Å². The van der Waals surface area contributed by atoms with E-state index in [0.29, 0.717) is 12.5 Å². The number of guanidine groups is 1. The lowest BCUT2D eigenvalue weighted by atomic mass is 10.2. The molecule has 0 radical (unpaired) electrons. The summed E-state index contributed by atoms with van der Waals surface area (Å²) in [6, 6.07) is 8.52. The normalized spacial score (nSPS) is 16.2. The van der Waals surface area contributed by atoms with Crippen LogP contribution in [0.5, 0.6) is 0 Å². The van der Waals surface area contributed by atoms with Crippen LogP contribution in [0.25, 0.3) is 0 Å². The summed E-state index contributed by atoms with van der Waals surface area (Å²) in [4.78, 5) is 6.27. The zero-order valence-corrected chi connectivity index (χ0v) is 13.5. The topological polar surface area (TPSA) is 39.7 Å². The molecule has 2 N–H and O–H groups in total. The van der Waals surface area contributed by atoms with Crippen LogP contribution in [-0.2, 0) is 6.42 Å². The standard InChI is InChI=1S/C16H23F3N4/c1-12(23-10-7-13-5-3-4-6-14(13)23)11-22-15(20-2)21-9-8-16(17,18)19/h3-6,12H,7-11H2,1-2H3,(H2,20,21,22). The number of aliphatic imine (C=N–C) groups is 1. The predicted molar refractivity (Wildman–Crippen MR) is 87.0 cm³/mol. The monoisotopic (exact) mass is 328 g/mol. The molecule has 0 fully saturated rings. The van der Waals surface area contributed by atoms with Gasteiger partial charge in [0.2, 0.25) is 0 Å². The van der Waals surface area contributed by atoms with Crippen LogP contribution in [0.2, 0.25) is 0 Å². The van der Waals surface area contributed by atoms with Crippen molar-refractivity contribution < 1.29 is 13.2 Å². The Hall–Kier alpha value is -1.92. The van der Waals surface area contributed by atoms with E-state index >= 15 is 0 Å². The van der Waals surface area contributed by atoms with E-state index in [-0.39, 0.29) is 12.6 Å². The summed E-state index contributed by atoms with van der Waals surface area (Å²) in [6.45, 7) is 3.49. The fraction of sp³-hybridized carbons (Fsp3) is 0.562. The number of halogens is 3. The van der Waals surface area contributed by atoms with Crippen molar-refractivity contribution in [2.75, 3.05) is 31.6 Å². The molecule has 128 valence electrons. The van der Waals surface area contributed by atoms with E-state index in [1.807, 2.05) is 12.1 Å². The average Bonchev–Trinajstić information content (AvgIpc) is 2.93. The van der Waals surface area contributed by atoms with Crippen molar-refractivity contribution in [2.45, 2.75) is 32.0 Å². The first kappa shape index (κ1) is 17.4. The van der Waals surface area contributed by atoms with Gasteiger partial charge in [-0.1, -0.05) is 18.2 Å². The quantitative estimate of drug-likeness (QED) is 0.645. The molecule has 1 aliphatic rings. The zero-order chi connectivity index (χ0) is 16.9. The van der Waals surface area contributed by atoms with Crippen LogP contribution in [0.15, 0.2) is 29.3 Å². The Kier molecular flexibility index (Phi) is 5.74. The molecular formula is C16H23F3N4. The van der Waals surface area contributed by atoms with Crippen molar-refractivity contribution in [3.63, 3.8) is 0 Å². The molecule has 0 aliphatic carbocycles. The molecule has 1 aromatic carbocycles. The van der Waals surface area contributed by atoms with E-state index in [0.717, 1.165) is 13.0 Å². The number of rotatable bonds is 5. The van der Waals surface area contributed by atoms with Crippen LogP contribution >= 0.6 is 0 Å². The Morgan fingerprint density at radius 2 is 2.04 bits per heavy atom. The number of anilines is 1. The smallest absolute Gasteiger partial charge is 0.366 e. The molecule has 0 saturated carbocycles. The van der Waals surface area contributed by atoms with Gasteiger partial charge in [-0.2, -0.15) is 13.2 Å². The number of hydrogen-bond acceptors (Lipinski definition) is 2. The first-order valence-corrected chi connectivity index (χ1v) is 7.76. The zero-order valence-electron chi connectivity index (χ0n) is 13.5. The first-order chi connectivity index (χ1) is 10.9. The van der Waals surface area contributed by atoms with Crippen LogP contribution in [0.4, 0.5) is 18.9 Å². The predicted octanol–water partition coefficient (Wildman–Crippen LogP) is 2.56. The van der Waals surface area contributed by atoms with E-state index in [1.54, 1.807) is 7.05 Å². The summed E-state index contributed by atoms with van der Waals surface area (Å²) >= 11 is 0. The van der Waals surface area contributed by atoms with Gasteiger partial charge in [0.25, 0.3) is 0 Å². The van der Waals surface area contributed by atoms with Crippen molar-refractivity contribution in [3.8, 4) is 0 Å². The van der Waals surface area contributed by atoms with Crippen LogP contribution in [0.1, 0.15) is 18.9 Å². The summed E-state index contributed by atoms with van der Waals surface area (Å²) in [5.41, 5.74) is 2.58. The van der Waals surface area contributed by atoms with Gasteiger partial charge < -0.3 is 15.5 Å². The van der Waals surface area contributed by atoms with Gasteiger partial charge in [0.1, 0.15) is 0 Å². The largest absolute Gasteiger partial charge is 0.390 e. The third-order valence-corrected chi connectivity index (χ3v) is 3.94. The van der Waals surface area contributed by atoms with Gasteiger partial charge in [-0.05, 0) is 25.0 Å². The fourth-order valence-corrected chi connectivity index (χ4v) is 2.72. The van der Waals surface area contributed by atoms with Crippen molar-refractivity contribution in [1.82, 2.24) is 10.6 Å². The van der Waals surface area contributed by atoms with E-state index in [1.165, 1.54) is 11.3 Å². The third-order valence-electron chi connectivity index (χ3n) is 3.94. The summed E-state index contributed by atoms with van der Waals surface area (Å²) in [7, 11) is 1.55. The number of hydrogen-bond donors (Lipinski definition) is 2. The molecule has 0 spiro atoms. The van der Waals surface area contributed by atoms with E-state index in [4.69, 9.17) is 0 Å². The maximum Gasteiger partial charge on any atom is 0.390 e. The molecule has 0 saturated heterocycles. The van der Waals surface area contributed by atoms with Gasteiger partial charge >= 0.3 is 6.18 Å². The highest BCUT2D eigenvalue weighted by Crippen LogP contribution is 2.28. The fourth-order valence-electron chi connectivity index (χ4n) is 2.72. The van der Waals surface area contributed by atoms with Gasteiger partial charge in [-0.3, -0.25) is 4.99 Å². The molecule has 0 bridgehead atoms. The summed E-state index contributed by atoms with van der Waals surface area (Å²) in [5, 5.41) is 5.78. The van der Waals surface area contributed by atoms with Crippen molar-refractivity contribution in [3.05, 3.63) is 29.8 Å². The molecule has 1 atom stereocenters. The molecule has 0 aromatic heterocycles. The van der Waals surface area contributed by atoms with E-state index in [2.05, 4.69) is 39.6 Å². The molecule has 0 amide bonds. The van der Waals surface area contributed by atoms with Gasteiger partial charge in [0.15, 0.2) is 5.96 Å². The highest BCUT2D eigenvalue weighted by atomic mass is 19.4. The highest BCUT2D eigenvalue weighted by Gasteiger charge is 2.26. The minimum Gasteiger partial charge on any atom is -0.366 e. The Labute approximate surface area is 134 Å². The minimum atomic E-state index is -4.15. The summed E-state index contributed by atoms with van der Waals surface area (Å²) < 4.78 is 36.5. The lowest BCUT2D eigenvalue weighted by Gasteiger charge is -2.28. The first-order valence-electron chi connectivity index (χ1n) is 7.76. The maximum atomic E-state index is 12.2. The summed E-state index contributed by atoms with van der Waals surface area (Å²) in [6.07, 6.45) is -4.00. The van der Waals surface area contributed by atoms with Gasteiger partial charge in [0, 0.05) is 38.4 Å². The Morgan fingerprint density at radius 3 is 2.74 bits per heavy atom. The number of nitrogens with zero attached hydrogens (tertiary/aromatic N) is 2. The molecule has 7 heteroatoms. The third kappa shape index (κ3) is 5.04. The number of alkyl halides is 3. The maximum absolute atomic E-state index is 12.2. The van der Waals surface area contributed by atoms with E-state index < -0.39 is 12.6 Å². The second-order valence-electron chi connectivity index (χ2n) is 5.67. The van der Waals surface area contributed by atoms with Gasteiger partial charge in [0.05, 0.1) is 6.42 Å². The van der Waals surface area contributed by atoms with E-state index in [9.17, 15) is 13.2 Å². The average molecular weight is 328 g/mol. The second kappa shape index (κ2) is 7.57. The molecule has 4 nitrogen and oxygen atoms in total. The number of benzene rings is 1. The van der Waals surface area contributed by atoms with Crippen LogP contribution in [-0.4, -0.2) is 44.9 Å². The molecule has 1 aliphatic heterocycles. The highest BCUT2D eigenvalue weighted by molar-refractivity contribution is 5.79. The molecule has 1 unspecified atom stereocenters. The SMILES string of the molecule is CN=C(NCCC(F)(F)F)NCC(C)N1CCc2ccccc21. The van der Waals surface area contributed by atoms with Crippen LogP contribution in [0, 0.1) is 0 Å². The lowest BCUT2D eigenvalue weighted by molar-refractivity contribution is -0.132. The van der Waals surface area contributed by atoms with Crippen LogP contribution in [0.3, 0.4) is 0 Å². The Balaban J connectivity index is 1.81. The van der Waals surface area contributed by atoms with Gasteiger partial charge in [-0.25, -0.2) is 0 Å². The lowest BCUT2D eigenvalue weighted by Crippen LogP contribution is -2.46. The van der Waals surface area contributed by atoms with Crippen molar-refractivity contribution >= 4 is 11.6 Å². The molecule has 1 heterocycles. The molecular weight excluding hydrogens is 305 g/mol. The van der Waals surface area contributed by atoms with Crippen LogP contribution < -0.4 is 15.5 Å². The molecule has 23 heavy (non-hydrogen) atoms.